The van der Waals surface area contributed by atoms with Crippen LogP contribution in [-0.2, 0) is 20.7 Å². The number of aryl methyl sites for hydroxylation is 1. The normalized spacial score (nSPS) is 13.3. The van der Waals surface area contributed by atoms with Crippen LogP contribution in [0.1, 0.15) is 17.4 Å². The lowest BCUT2D eigenvalue weighted by atomic mass is 10.2. The van der Waals surface area contributed by atoms with Crippen molar-refractivity contribution >= 4 is 21.5 Å². The van der Waals surface area contributed by atoms with Crippen molar-refractivity contribution in [1.82, 2.24) is 0 Å². The average Bonchev–Trinajstić information content (AvgIpc) is 2.84. The topological polar surface area (TPSA) is 63.6 Å². The van der Waals surface area contributed by atoms with Gasteiger partial charge in [0.15, 0.2) is 0 Å². The molecule has 0 saturated heterocycles. The Bertz CT molecular complexity index is 675. The Balaban J connectivity index is 2.16. The van der Waals surface area contributed by atoms with Crippen LogP contribution in [0.25, 0.3) is 0 Å². The molecule has 0 spiro atoms. The highest BCUT2D eigenvalue weighted by Crippen LogP contribution is 2.24. The molecule has 1 aromatic heterocycles. The molecule has 6 heteroatoms. The SMILES string of the molecule is Cc1ccc(O)cc1S(=O)(=O)OC(C)Cc1cccs1. The largest absolute Gasteiger partial charge is 0.508 e. The molecule has 1 N–H and O–H groups in total. The lowest BCUT2D eigenvalue weighted by Gasteiger charge is -2.13. The molecule has 1 atom stereocenters. The van der Waals surface area contributed by atoms with Gasteiger partial charge in [0.1, 0.15) is 10.6 Å². The highest BCUT2D eigenvalue weighted by Gasteiger charge is 2.22. The summed E-state index contributed by atoms with van der Waals surface area (Å²) in [6, 6.07) is 8.07. The quantitative estimate of drug-likeness (QED) is 0.862. The summed E-state index contributed by atoms with van der Waals surface area (Å²) in [7, 11) is -3.87. The summed E-state index contributed by atoms with van der Waals surface area (Å²) in [5.41, 5.74) is 0.547. The zero-order chi connectivity index (χ0) is 14.8. The monoisotopic (exact) mass is 312 g/mol. The van der Waals surface area contributed by atoms with E-state index in [4.69, 9.17) is 4.18 Å². The number of phenols is 1. The molecule has 2 rings (SSSR count). The minimum absolute atomic E-state index is 0.00975. The van der Waals surface area contributed by atoms with Gasteiger partial charge in [0.2, 0.25) is 0 Å². The van der Waals surface area contributed by atoms with Crippen molar-refractivity contribution < 1.29 is 17.7 Å². The molecule has 20 heavy (non-hydrogen) atoms. The molecule has 0 saturated carbocycles. The Labute approximate surface area is 122 Å². The van der Waals surface area contributed by atoms with Crippen LogP contribution in [0.2, 0.25) is 0 Å². The Hall–Kier alpha value is -1.37. The number of rotatable bonds is 5. The van der Waals surface area contributed by atoms with Crippen LogP contribution in [-0.4, -0.2) is 19.6 Å². The molecular weight excluding hydrogens is 296 g/mol. The highest BCUT2D eigenvalue weighted by atomic mass is 32.2. The van der Waals surface area contributed by atoms with E-state index < -0.39 is 16.2 Å². The first-order chi connectivity index (χ1) is 9.38. The molecule has 0 aliphatic rings. The molecule has 1 unspecified atom stereocenters. The zero-order valence-corrected chi connectivity index (χ0v) is 12.9. The van der Waals surface area contributed by atoms with E-state index in [0.29, 0.717) is 12.0 Å². The first kappa shape index (κ1) is 15.0. The predicted octanol–water partition coefficient (Wildman–Crippen LogP) is 3.10. The van der Waals surface area contributed by atoms with Crippen LogP contribution in [0.3, 0.4) is 0 Å². The van der Waals surface area contributed by atoms with Gasteiger partial charge in [-0.3, -0.25) is 4.18 Å². The summed E-state index contributed by atoms with van der Waals surface area (Å²) >= 11 is 1.56. The van der Waals surface area contributed by atoms with Crippen molar-refractivity contribution in [2.45, 2.75) is 31.3 Å². The fraction of sp³-hybridized carbons (Fsp3) is 0.286. The predicted molar refractivity (Wildman–Crippen MR) is 78.6 cm³/mol. The lowest BCUT2D eigenvalue weighted by molar-refractivity contribution is 0.230. The van der Waals surface area contributed by atoms with Crippen molar-refractivity contribution in [3.8, 4) is 5.75 Å². The summed E-state index contributed by atoms with van der Waals surface area (Å²) in [4.78, 5) is 1.08. The van der Waals surface area contributed by atoms with E-state index in [2.05, 4.69) is 0 Å². The smallest absolute Gasteiger partial charge is 0.297 e. The second-order valence-electron chi connectivity index (χ2n) is 4.59. The molecule has 0 radical (unpaired) electrons. The zero-order valence-electron chi connectivity index (χ0n) is 11.2. The summed E-state index contributed by atoms with van der Waals surface area (Å²) in [6.45, 7) is 3.38. The molecule has 1 aromatic carbocycles. The summed E-state index contributed by atoms with van der Waals surface area (Å²) in [5.74, 6) is -0.0938. The van der Waals surface area contributed by atoms with Gasteiger partial charge in [0, 0.05) is 17.4 Å². The van der Waals surface area contributed by atoms with Gasteiger partial charge < -0.3 is 5.11 Å². The second-order valence-corrected chi connectivity index (χ2v) is 7.17. The van der Waals surface area contributed by atoms with Crippen molar-refractivity contribution in [2.24, 2.45) is 0 Å². The molecule has 0 fully saturated rings. The lowest BCUT2D eigenvalue weighted by Crippen LogP contribution is -2.18. The van der Waals surface area contributed by atoms with Gasteiger partial charge in [-0.1, -0.05) is 12.1 Å². The number of benzene rings is 1. The van der Waals surface area contributed by atoms with Crippen molar-refractivity contribution in [3.63, 3.8) is 0 Å². The van der Waals surface area contributed by atoms with Crippen LogP contribution in [0.15, 0.2) is 40.6 Å². The van der Waals surface area contributed by atoms with Gasteiger partial charge in [-0.15, -0.1) is 11.3 Å². The van der Waals surface area contributed by atoms with Gasteiger partial charge in [-0.25, -0.2) is 0 Å². The molecule has 0 aliphatic carbocycles. The number of hydrogen-bond acceptors (Lipinski definition) is 5. The molecule has 1 heterocycles. The highest BCUT2D eigenvalue weighted by molar-refractivity contribution is 7.86. The minimum Gasteiger partial charge on any atom is -0.508 e. The number of aromatic hydroxyl groups is 1. The van der Waals surface area contributed by atoms with Crippen LogP contribution in [0, 0.1) is 6.92 Å². The van der Waals surface area contributed by atoms with Crippen LogP contribution >= 0.6 is 11.3 Å². The molecular formula is C14H16O4S2. The Morgan fingerprint density at radius 1 is 1.35 bits per heavy atom. The summed E-state index contributed by atoms with van der Waals surface area (Å²) < 4.78 is 29.6. The number of phenolic OH excluding ortho intramolecular Hbond substituents is 1. The Morgan fingerprint density at radius 3 is 2.75 bits per heavy atom. The second kappa shape index (κ2) is 5.95. The molecule has 0 bridgehead atoms. The molecule has 4 nitrogen and oxygen atoms in total. The number of hydrogen-bond donors (Lipinski definition) is 1. The van der Waals surface area contributed by atoms with E-state index in [0.717, 1.165) is 4.88 Å². The van der Waals surface area contributed by atoms with Crippen LogP contribution in [0.5, 0.6) is 5.75 Å². The fourth-order valence-corrected chi connectivity index (χ4v) is 4.02. The first-order valence-electron chi connectivity index (χ1n) is 6.14. The number of thiophene rings is 1. The summed E-state index contributed by atoms with van der Waals surface area (Å²) in [5, 5.41) is 11.4. The maximum absolute atomic E-state index is 12.2. The standard InChI is InChI=1S/C14H16O4S2/c1-10-5-6-12(15)9-14(10)20(16,17)18-11(2)8-13-4-3-7-19-13/h3-7,9,11,15H,8H2,1-2H3. The average molecular weight is 312 g/mol. The Morgan fingerprint density at radius 2 is 2.10 bits per heavy atom. The van der Waals surface area contributed by atoms with E-state index in [1.807, 2.05) is 17.5 Å². The third-order valence-corrected chi connectivity index (χ3v) is 5.26. The van der Waals surface area contributed by atoms with Gasteiger partial charge in [-0.05, 0) is 36.9 Å². The molecule has 0 amide bonds. The van der Waals surface area contributed by atoms with E-state index in [1.54, 1.807) is 31.3 Å². The van der Waals surface area contributed by atoms with Crippen molar-refractivity contribution in [3.05, 3.63) is 46.2 Å². The maximum atomic E-state index is 12.2. The maximum Gasteiger partial charge on any atom is 0.297 e. The van der Waals surface area contributed by atoms with E-state index >= 15 is 0 Å². The van der Waals surface area contributed by atoms with E-state index in [-0.39, 0.29) is 10.6 Å². The summed E-state index contributed by atoms with van der Waals surface area (Å²) in [6.07, 6.45) is 0.0785. The van der Waals surface area contributed by atoms with E-state index in [9.17, 15) is 13.5 Å². The third kappa shape index (κ3) is 3.59. The Kier molecular flexibility index (Phi) is 4.47. The van der Waals surface area contributed by atoms with Gasteiger partial charge in [0.05, 0.1) is 6.10 Å². The first-order valence-corrected chi connectivity index (χ1v) is 8.42. The third-order valence-electron chi connectivity index (χ3n) is 2.80. The van der Waals surface area contributed by atoms with Crippen molar-refractivity contribution in [1.29, 1.82) is 0 Å². The van der Waals surface area contributed by atoms with Gasteiger partial charge in [-0.2, -0.15) is 8.42 Å². The van der Waals surface area contributed by atoms with E-state index in [1.165, 1.54) is 12.1 Å². The molecule has 0 aliphatic heterocycles. The fourth-order valence-electron chi connectivity index (χ4n) is 1.87. The minimum atomic E-state index is -3.87. The van der Waals surface area contributed by atoms with Gasteiger partial charge >= 0.3 is 0 Å². The van der Waals surface area contributed by atoms with Crippen LogP contribution in [0.4, 0.5) is 0 Å². The van der Waals surface area contributed by atoms with Gasteiger partial charge in [0.25, 0.3) is 10.1 Å². The van der Waals surface area contributed by atoms with Crippen LogP contribution < -0.4 is 0 Å². The molecule has 108 valence electrons. The molecule has 2 aromatic rings. The van der Waals surface area contributed by atoms with Crippen molar-refractivity contribution in [2.75, 3.05) is 0 Å².